The number of piperidine rings is 2. The fourth-order valence-corrected chi connectivity index (χ4v) is 2.95. The summed E-state index contributed by atoms with van der Waals surface area (Å²) in [6.07, 6.45) is 1.29. The monoisotopic (exact) mass is 321 g/mol. The minimum absolute atomic E-state index is 0.0511. The van der Waals surface area contributed by atoms with Gasteiger partial charge in [-0.25, -0.2) is 4.79 Å². The highest BCUT2D eigenvalue weighted by Gasteiger charge is 2.39. The first-order valence-electron chi connectivity index (χ1n) is 7.95. The zero-order valence-electron chi connectivity index (χ0n) is 13.9. The quantitative estimate of drug-likeness (QED) is 0.679. The maximum atomic E-state index is 12.1. The molecule has 0 radical (unpaired) electrons. The molecule has 7 heteroatoms. The number of hydrogen-bond acceptors (Lipinski definition) is 5. The van der Waals surface area contributed by atoms with Crippen LogP contribution in [0.2, 0.25) is 0 Å². The molecule has 0 aromatic carbocycles. The molecule has 2 amide bonds. The van der Waals surface area contributed by atoms with Gasteiger partial charge in [-0.3, -0.25) is 9.59 Å². The Morgan fingerprint density at radius 3 is 2.30 bits per heavy atom. The van der Waals surface area contributed by atoms with Gasteiger partial charge in [0.1, 0.15) is 11.5 Å². The van der Waals surface area contributed by atoms with Crippen LogP contribution in [-0.2, 0) is 14.3 Å². The molecule has 2 rings (SSSR count). The molecule has 0 N–H and O–H groups in total. The molecule has 0 aromatic heterocycles. The third-order valence-corrected chi connectivity index (χ3v) is 4.16. The van der Waals surface area contributed by atoms with Crippen LogP contribution in [0.3, 0.4) is 0 Å². The SMILES string of the molecule is CC(C)(C)OC(=O)N1CCC(N2CCC(C#N)C(=O)C2=O)CC1. The first kappa shape index (κ1) is 17.3. The second kappa shape index (κ2) is 6.57. The van der Waals surface area contributed by atoms with Gasteiger partial charge in [-0.2, -0.15) is 5.26 Å². The summed E-state index contributed by atoms with van der Waals surface area (Å²) in [4.78, 5) is 39.2. The van der Waals surface area contributed by atoms with Gasteiger partial charge in [0.2, 0.25) is 5.78 Å². The van der Waals surface area contributed by atoms with Crippen LogP contribution in [0.15, 0.2) is 0 Å². The molecule has 23 heavy (non-hydrogen) atoms. The summed E-state index contributed by atoms with van der Waals surface area (Å²) in [6.45, 7) is 6.89. The van der Waals surface area contributed by atoms with Gasteiger partial charge >= 0.3 is 6.09 Å². The van der Waals surface area contributed by atoms with Gasteiger partial charge in [0.15, 0.2) is 0 Å². The van der Waals surface area contributed by atoms with Crippen LogP contribution in [0, 0.1) is 17.2 Å². The number of Topliss-reactive ketones (excluding diaryl/α,β-unsaturated/α-hetero) is 1. The van der Waals surface area contributed by atoms with E-state index in [2.05, 4.69) is 0 Å². The highest BCUT2D eigenvalue weighted by molar-refractivity contribution is 6.38. The van der Waals surface area contributed by atoms with E-state index in [1.807, 2.05) is 26.8 Å². The van der Waals surface area contributed by atoms with E-state index < -0.39 is 23.2 Å². The fourth-order valence-electron chi connectivity index (χ4n) is 2.95. The zero-order valence-corrected chi connectivity index (χ0v) is 13.9. The number of amides is 2. The first-order chi connectivity index (χ1) is 10.7. The maximum absolute atomic E-state index is 12.1. The molecule has 7 nitrogen and oxygen atoms in total. The molecule has 1 unspecified atom stereocenters. The summed E-state index contributed by atoms with van der Waals surface area (Å²) in [6, 6.07) is 1.83. The number of ketones is 1. The van der Waals surface area contributed by atoms with Crippen molar-refractivity contribution in [3.05, 3.63) is 0 Å². The van der Waals surface area contributed by atoms with Crippen molar-refractivity contribution in [3.63, 3.8) is 0 Å². The van der Waals surface area contributed by atoms with Gasteiger partial charge in [-0.05, 0) is 40.0 Å². The molecule has 2 saturated heterocycles. The summed E-state index contributed by atoms with van der Waals surface area (Å²) < 4.78 is 5.34. The number of ether oxygens (including phenoxy) is 1. The molecular formula is C16H23N3O4. The molecule has 2 heterocycles. The highest BCUT2D eigenvalue weighted by Crippen LogP contribution is 2.23. The maximum Gasteiger partial charge on any atom is 0.410 e. The lowest BCUT2D eigenvalue weighted by molar-refractivity contribution is -0.151. The molecule has 126 valence electrons. The highest BCUT2D eigenvalue weighted by atomic mass is 16.6. The summed E-state index contributed by atoms with van der Waals surface area (Å²) in [5.41, 5.74) is -0.532. The predicted octanol–water partition coefficient (Wildman–Crippen LogP) is 1.33. The van der Waals surface area contributed by atoms with Gasteiger partial charge in [0, 0.05) is 25.7 Å². The summed E-state index contributed by atoms with van der Waals surface area (Å²) in [7, 11) is 0. The van der Waals surface area contributed by atoms with Crippen molar-refractivity contribution in [3.8, 4) is 6.07 Å². The number of rotatable bonds is 1. The number of carbonyl (C=O) groups excluding carboxylic acids is 3. The molecule has 0 aromatic rings. The lowest BCUT2D eigenvalue weighted by Gasteiger charge is -2.40. The molecular weight excluding hydrogens is 298 g/mol. The van der Waals surface area contributed by atoms with E-state index in [4.69, 9.17) is 10.00 Å². The topological polar surface area (TPSA) is 90.7 Å². The van der Waals surface area contributed by atoms with E-state index in [1.54, 1.807) is 9.80 Å². The minimum Gasteiger partial charge on any atom is -0.444 e. The molecule has 2 aliphatic rings. The van der Waals surface area contributed by atoms with Gasteiger partial charge in [0.05, 0.1) is 6.07 Å². The van der Waals surface area contributed by atoms with E-state index in [0.29, 0.717) is 38.9 Å². The number of nitrogens with zero attached hydrogens (tertiary/aromatic N) is 3. The van der Waals surface area contributed by atoms with E-state index in [1.165, 1.54) is 0 Å². The van der Waals surface area contributed by atoms with Crippen LogP contribution < -0.4 is 0 Å². The number of hydrogen-bond donors (Lipinski definition) is 0. The summed E-state index contributed by atoms with van der Waals surface area (Å²) in [5.74, 6) is -1.97. The van der Waals surface area contributed by atoms with Gasteiger partial charge in [-0.15, -0.1) is 0 Å². The molecule has 0 spiro atoms. The Labute approximate surface area is 136 Å². The lowest BCUT2D eigenvalue weighted by atomic mass is 9.93. The van der Waals surface area contributed by atoms with Crippen molar-refractivity contribution < 1.29 is 19.1 Å². The Kier molecular flexibility index (Phi) is 4.93. The standard InChI is InChI=1S/C16H23N3O4/c1-16(2,3)23-15(22)18-7-5-12(6-8-18)19-9-4-11(10-17)13(20)14(19)21/h11-12H,4-9H2,1-3H3. The van der Waals surface area contributed by atoms with Crippen molar-refractivity contribution in [1.82, 2.24) is 9.80 Å². The van der Waals surface area contributed by atoms with Crippen molar-refractivity contribution >= 4 is 17.8 Å². The molecule has 0 bridgehead atoms. The fraction of sp³-hybridized carbons (Fsp3) is 0.750. The predicted molar refractivity (Wildman–Crippen MR) is 81.3 cm³/mol. The number of carbonyl (C=O) groups is 3. The van der Waals surface area contributed by atoms with E-state index in [0.717, 1.165) is 0 Å². The first-order valence-corrected chi connectivity index (χ1v) is 7.95. The van der Waals surface area contributed by atoms with E-state index in [9.17, 15) is 14.4 Å². The Morgan fingerprint density at radius 1 is 1.17 bits per heavy atom. The van der Waals surface area contributed by atoms with Gasteiger partial charge < -0.3 is 14.5 Å². The largest absolute Gasteiger partial charge is 0.444 e. The second-order valence-corrected chi connectivity index (χ2v) is 7.03. The van der Waals surface area contributed by atoms with Crippen LogP contribution >= 0.6 is 0 Å². The normalized spacial score (nSPS) is 23.7. The Morgan fingerprint density at radius 2 is 1.78 bits per heavy atom. The van der Waals surface area contributed by atoms with Crippen molar-refractivity contribution in [2.24, 2.45) is 5.92 Å². The molecule has 2 fully saturated rings. The van der Waals surface area contributed by atoms with Crippen LogP contribution in [0.4, 0.5) is 4.79 Å². The smallest absolute Gasteiger partial charge is 0.410 e. The Hall–Kier alpha value is -2.10. The number of likely N-dealkylation sites (tertiary alicyclic amines) is 2. The van der Waals surface area contributed by atoms with Crippen LogP contribution in [0.1, 0.15) is 40.0 Å². The zero-order chi connectivity index (χ0) is 17.2. The van der Waals surface area contributed by atoms with Crippen molar-refractivity contribution in [2.45, 2.75) is 51.7 Å². The van der Waals surface area contributed by atoms with Crippen LogP contribution in [0.25, 0.3) is 0 Å². The number of nitriles is 1. The third kappa shape index (κ3) is 4.01. The summed E-state index contributed by atoms with van der Waals surface area (Å²) in [5, 5.41) is 8.86. The van der Waals surface area contributed by atoms with Crippen LogP contribution in [-0.4, -0.2) is 58.9 Å². The van der Waals surface area contributed by atoms with Crippen LogP contribution in [0.5, 0.6) is 0 Å². The van der Waals surface area contributed by atoms with E-state index >= 15 is 0 Å². The third-order valence-electron chi connectivity index (χ3n) is 4.16. The van der Waals surface area contributed by atoms with Crippen molar-refractivity contribution in [2.75, 3.05) is 19.6 Å². The molecule has 2 aliphatic heterocycles. The van der Waals surface area contributed by atoms with E-state index in [-0.39, 0.29) is 12.1 Å². The summed E-state index contributed by atoms with van der Waals surface area (Å²) >= 11 is 0. The average Bonchev–Trinajstić information content (AvgIpc) is 2.48. The molecule has 1 atom stereocenters. The second-order valence-electron chi connectivity index (χ2n) is 7.03. The Bertz CT molecular complexity index is 539. The van der Waals surface area contributed by atoms with Gasteiger partial charge in [-0.1, -0.05) is 0 Å². The Balaban J connectivity index is 1.90. The molecule has 0 saturated carbocycles. The molecule has 0 aliphatic carbocycles. The lowest BCUT2D eigenvalue weighted by Crippen LogP contribution is -2.54. The average molecular weight is 321 g/mol. The minimum atomic E-state index is -0.805. The van der Waals surface area contributed by atoms with Crippen molar-refractivity contribution in [1.29, 1.82) is 5.26 Å². The van der Waals surface area contributed by atoms with Gasteiger partial charge in [0.25, 0.3) is 5.91 Å².